The lowest BCUT2D eigenvalue weighted by Gasteiger charge is -2.14. The molecule has 1 aromatic carbocycles. The third-order valence-electron chi connectivity index (χ3n) is 2.61. The SMILES string of the molecule is C=C(CC)CNc1ccccc1C(C)C. The summed E-state index contributed by atoms with van der Waals surface area (Å²) in [6, 6.07) is 8.48. The molecule has 0 heterocycles. The zero-order valence-corrected chi connectivity index (χ0v) is 10.0. The third kappa shape index (κ3) is 3.43. The number of nitrogens with one attached hydrogen (secondary N) is 1. The lowest BCUT2D eigenvalue weighted by Crippen LogP contribution is -2.06. The van der Waals surface area contributed by atoms with Crippen molar-refractivity contribution in [2.75, 3.05) is 11.9 Å². The maximum Gasteiger partial charge on any atom is 0.0377 e. The minimum absolute atomic E-state index is 0.559. The number of anilines is 1. The number of para-hydroxylation sites is 1. The number of rotatable bonds is 5. The van der Waals surface area contributed by atoms with Crippen molar-refractivity contribution >= 4 is 5.69 Å². The number of hydrogen-bond acceptors (Lipinski definition) is 1. The maximum absolute atomic E-state index is 4.00. The summed E-state index contributed by atoms with van der Waals surface area (Å²) in [5.41, 5.74) is 3.86. The zero-order valence-electron chi connectivity index (χ0n) is 10.0. The average molecular weight is 203 g/mol. The van der Waals surface area contributed by atoms with Crippen molar-refractivity contribution in [2.24, 2.45) is 0 Å². The molecule has 0 aliphatic heterocycles. The van der Waals surface area contributed by atoms with Gasteiger partial charge in [0.1, 0.15) is 0 Å². The van der Waals surface area contributed by atoms with Crippen molar-refractivity contribution in [1.29, 1.82) is 0 Å². The molecule has 0 saturated carbocycles. The standard InChI is InChI=1S/C14H21N/c1-5-12(4)10-15-14-9-7-6-8-13(14)11(2)3/h6-9,11,15H,4-5,10H2,1-3H3. The van der Waals surface area contributed by atoms with Gasteiger partial charge in [-0.2, -0.15) is 0 Å². The fourth-order valence-corrected chi connectivity index (χ4v) is 1.51. The van der Waals surface area contributed by atoms with Gasteiger partial charge in [0.15, 0.2) is 0 Å². The van der Waals surface area contributed by atoms with Gasteiger partial charge in [-0.1, -0.05) is 51.1 Å². The molecule has 0 aromatic heterocycles. The molecule has 1 aromatic rings. The Kier molecular flexibility index (Phi) is 4.41. The number of benzene rings is 1. The van der Waals surface area contributed by atoms with Crippen LogP contribution in [0.5, 0.6) is 0 Å². The van der Waals surface area contributed by atoms with Crippen LogP contribution in [0.2, 0.25) is 0 Å². The predicted molar refractivity (Wildman–Crippen MR) is 68.5 cm³/mol. The quantitative estimate of drug-likeness (QED) is 0.708. The van der Waals surface area contributed by atoms with Crippen LogP contribution in [0.4, 0.5) is 5.69 Å². The highest BCUT2D eigenvalue weighted by molar-refractivity contribution is 5.53. The smallest absolute Gasteiger partial charge is 0.0377 e. The molecule has 1 N–H and O–H groups in total. The molecule has 0 saturated heterocycles. The van der Waals surface area contributed by atoms with Gasteiger partial charge >= 0.3 is 0 Å². The van der Waals surface area contributed by atoms with Gasteiger partial charge in [0, 0.05) is 12.2 Å². The molecule has 0 amide bonds. The van der Waals surface area contributed by atoms with Crippen LogP contribution in [0.3, 0.4) is 0 Å². The van der Waals surface area contributed by atoms with E-state index in [1.807, 2.05) is 0 Å². The fraction of sp³-hybridized carbons (Fsp3) is 0.429. The molecule has 1 nitrogen and oxygen atoms in total. The van der Waals surface area contributed by atoms with E-state index in [-0.39, 0.29) is 0 Å². The second kappa shape index (κ2) is 5.59. The molecular weight excluding hydrogens is 182 g/mol. The van der Waals surface area contributed by atoms with E-state index in [0.717, 1.165) is 13.0 Å². The Labute approximate surface area is 93.2 Å². The van der Waals surface area contributed by atoms with Crippen molar-refractivity contribution in [3.63, 3.8) is 0 Å². The van der Waals surface area contributed by atoms with Crippen molar-refractivity contribution in [1.82, 2.24) is 0 Å². The Morgan fingerprint density at radius 2 is 2.00 bits per heavy atom. The van der Waals surface area contributed by atoms with Gasteiger partial charge in [-0.3, -0.25) is 0 Å². The summed E-state index contributed by atoms with van der Waals surface area (Å²) in [5, 5.41) is 3.45. The first-order valence-corrected chi connectivity index (χ1v) is 5.64. The van der Waals surface area contributed by atoms with Gasteiger partial charge in [0.05, 0.1) is 0 Å². The lowest BCUT2D eigenvalue weighted by atomic mass is 10.0. The minimum atomic E-state index is 0.559. The van der Waals surface area contributed by atoms with Gasteiger partial charge < -0.3 is 5.32 Å². The summed E-state index contributed by atoms with van der Waals surface area (Å²) in [6.07, 6.45) is 1.04. The molecule has 0 unspecified atom stereocenters. The van der Waals surface area contributed by atoms with E-state index in [0.29, 0.717) is 5.92 Å². The van der Waals surface area contributed by atoms with Gasteiger partial charge in [-0.25, -0.2) is 0 Å². The molecule has 0 aliphatic rings. The molecule has 0 bridgehead atoms. The second-order valence-corrected chi connectivity index (χ2v) is 4.20. The Balaban J connectivity index is 2.71. The Morgan fingerprint density at radius 1 is 1.33 bits per heavy atom. The van der Waals surface area contributed by atoms with Gasteiger partial charge in [0.25, 0.3) is 0 Å². The van der Waals surface area contributed by atoms with Crippen LogP contribution in [-0.4, -0.2) is 6.54 Å². The Bertz CT molecular complexity index is 326. The van der Waals surface area contributed by atoms with Crippen molar-refractivity contribution in [3.8, 4) is 0 Å². The Hall–Kier alpha value is -1.24. The average Bonchev–Trinajstić information content (AvgIpc) is 2.26. The summed E-state index contributed by atoms with van der Waals surface area (Å²) in [4.78, 5) is 0. The largest absolute Gasteiger partial charge is 0.381 e. The highest BCUT2D eigenvalue weighted by atomic mass is 14.9. The summed E-state index contributed by atoms with van der Waals surface area (Å²) >= 11 is 0. The molecular formula is C14H21N. The molecule has 0 radical (unpaired) electrons. The monoisotopic (exact) mass is 203 g/mol. The van der Waals surface area contributed by atoms with Crippen molar-refractivity contribution in [2.45, 2.75) is 33.1 Å². The molecule has 0 atom stereocenters. The van der Waals surface area contributed by atoms with E-state index in [2.05, 4.69) is 56.9 Å². The highest BCUT2D eigenvalue weighted by Crippen LogP contribution is 2.23. The first-order valence-electron chi connectivity index (χ1n) is 5.64. The van der Waals surface area contributed by atoms with E-state index in [1.165, 1.54) is 16.8 Å². The zero-order chi connectivity index (χ0) is 11.3. The van der Waals surface area contributed by atoms with E-state index >= 15 is 0 Å². The molecule has 82 valence electrons. The van der Waals surface area contributed by atoms with Crippen LogP contribution in [0, 0.1) is 0 Å². The van der Waals surface area contributed by atoms with E-state index in [4.69, 9.17) is 0 Å². The molecule has 0 fully saturated rings. The van der Waals surface area contributed by atoms with Gasteiger partial charge in [-0.15, -0.1) is 0 Å². The number of hydrogen-bond donors (Lipinski definition) is 1. The Morgan fingerprint density at radius 3 is 2.60 bits per heavy atom. The van der Waals surface area contributed by atoms with Crippen LogP contribution in [0.25, 0.3) is 0 Å². The highest BCUT2D eigenvalue weighted by Gasteiger charge is 2.04. The van der Waals surface area contributed by atoms with E-state index in [9.17, 15) is 0 Å². The van der Waals surface area contributed by atoms with Gasteiger partial charge in [0.2, 0.25) is 0 Å². The maximum atomic E-state index is 4.00. The van der Waals surface area contributed by atoms with Crippen molar-refractivity contribution < 1.29 is 0 Å². The molecule has 0 spiro atoms. The van der Waals surface area contributed by atoms with Crippen LogP contribution < -0.4 is 5.32 Å². The topological polar surface area (TPSA) is 12.0 Å². The summed E-state index contributed by atoms with van der Waals surface area (Å²) < 4.78 is 0. The molecule has 15 heavy (non-hydrogen) atoms. The lowest BCUT2D eigenvalue weighted by molar-refractivity contribution is 0.866. The predicted octanol–water partition coefficient (Wildman–Crippen LogP) is 4.19. The minimum Gasteiger partial charge on any atom is -0.381 e. The third-order valence-corrected chi connectivity index (χ3v) is 2.61. The first-order chi connectivity index (χ1) is 7.15. The van der Waals surface area contributed by atoms with Crippen molar-refractivity contribution in [3.05, 3.63) is 42.0 Å². The summed E-state index contributed by atoms with van der Waals surface area (Å²) in [6.45, 7) is 11.4. The second-order valence-electron chi connectivity index (χ2n) is 4.20. The van der Waals surface area contributed by atoms with Crippen LogP contribution >= 0.6 is 0 Å². The summed E-state index contributed by atoms with van der Waals surface area (Å²) in [7, 11) is 0. The van der Waals surface area contributed by atoms with Crippen LogP contribution in [0.1, 0.15) is 38.7 Å². The first kappa shape index (κ1) is 11.8. The van der Waals surface area contributed by atoms with E-state index in [1.54, 1.807) is 0 Å². The summed E-state index contributed by atoms with van der Waals surface area (Å²) in [5.74, 6) is 0.559. The molecule has 0 aliphatic carbocycles. The van der Waals surface area contributed by atoms with Crippen LogP contribution in [-0.2, 0) is 0 Å². The van der Waals surface area contributed by atoms with E-state index < -0.39 is 0 Å². The molecule has 1 rings (SSSR count). The molecule has 1 heteroatoms. The normalized spacial score (nSPS) is 10.4. The van der Waals surface area contributed by atoms with Gasteiger partial charge in [-0.05, 0) is 24.0 Å². The fourth-order valence-electron chi connectivity index (χ4n) is 1.51. The van der Waals surface area contributed by atoms with Crippen LogP contribution in [0.15, 0.2) is 36.4 Å².